The SMILES string of the molecule is C[C@@]12CC3OC4CC(c5ccoc5)[C@@]5(C)CC[C@@H]1[C@@H](CCC2CC3OCCOCCN1CCCC1)[C@H]45. The van der Waals surface area contributed by atoms with E-state index in [4.69, 9.17) is 18.6 Å². The molecule has 1 aromatic rings. The van der Waals surface area contributed by atoms with Gasteiger partial charge in [-0.2, -0.15) is 0 Å². The van der Waals surface area contributed by atoms with E-state index >= 15 is 0 Å². The van der Waals surface area contributed by atoms with Gasteiger partial charge in [0.2, 0.25) is 0 Å². The van der Waals surface area contributed by atoms with E-state index in [1.807, 2.05) is 12.5 Å². The highest BCUT2D eigenvalue weighted by Crippen LogP contribution is 2.71. The predicted octanol–water partition coefficient (Wildman–Crippen LogP) is 5.89. The lowest BCUT2D eigenvalue weighted by atomic mass is 9.43. The molecule has 2 saturated heterocycles. The van der Waals surface area contributed by atoms with Gasteiger partial charge in [-0.15, -0.1) is 0 Å². The molecule has 5 bridgehead atoms. The molecule has 7 rings (SSSR count). The van der Waals surface area contributed by atoms with E-state index < -0.39 is 0 Å². The molecular weight excluding hydrogens is 450 g/mol. The van der Waals surface area contributed by atoms with Crippen LogP contribution in [0.4, 0.5) is 0 Å². The summed E-state index contributed by atoms with van der Waals surface area (Å²) in [5.74, 6) is 3.70. The minimum Gasteiger partial charge on any atom is -0.472 e. The molecule has 5 nitrogen and oxygen atoms in total. The van der Waals surface area contributed by atoms with Gasteiger partial charge in [-0.25, -0.2) is 0 Å². The van der Waals surface area contributed by atoms with Crippen molar-refractivity contribution in [1.29, 1.82) is 0 Å². The third-order valence-electron chi connectivity index (χ3n) is 12.2. The van der Waals surface area contributed by atoms with Crippen LogP contribution in [0.15, 0.2) is 23.0 Å². The fourth-order valence-electron chi connectivity index (χ4n) is 10.5. The standard InChI is InChI=1S/C31H47NO4/c1-30-9-7-24-23-6-5-22-17-26(35-16-15-33-14-12-32-10-3-4-11-32)28(19-31(22,24)2)36-27(29(23)30)18-25(30)21-8-13-34-20-21/h8,13,20,22-29H,3-7,9-12,14-19H2,1-2H3/t22?,23-,24-,25?,26?,27?,28?,29-,30-,31+/m1/s1. The Kier molecular flexibility index (Phi) is 6.31. The Labute approximate surface area is 217 Å². The number of ether oxygens (including phenoxy) is 3. The molecule has 5 unspecified atom stereocenters. The Balaban J connectivity index is 1.06. The summed E-state index contributed by atoms with van der Waals surface area (Å²) in [6.07, 6.45) is 16.4. The monoisotopic (exact) mass is 497 g/mol. The molecule has 10 atom stereocenters. The van der Waals surface area contributed by atoms with Gasteiger partial charge in [0, 0.05) is 6.54 Å². The van der Waals surface area contributed by atoms with Gasteiger partial charge in [0.1, 0.15) is 0 Å². The fourth-order valence-corrected chi connectivity index (χ4v) is 10.5. The van der Waals surface area contributed by atoms with Crippen molar-refractivity contribution in [3.05, 3.63) is 24.2 Å². The zero-order valence-electron chi connectivity index (χ0n) is 22.5. The van der Waals surface area contributed by atoms with Crippen molar-refractivity contribution in [1.82, 2.24) is 4.90 Å². The van der Waals surface area contributed by atoms with E-state index in [0.29, 0.717) is 42.0 Å². The second-order valence-electron chi connectivity index (χ2n) is 13.7. The molecule has 6 fully saturated rings. The number of likely N-dealkylation sites (tertiary alicyclic amines) is 1. The van der Waals surface area contributed by atoms with Crippen LogP contribution < -0.4 is 0 Å². The molecule has 36 heavy (non-hydrogen) atoms. The molecule has 5 heteroatoms. The van der Waals surface area contributed by atoms with Crippen LogP contribution in [0.3, 0.4) is 0 Å². The van der Waals surface area contributed by atoms with Crippen molar-refractivity contribution in [2.45, 2.75) is 95.9 Å². The summed E-state index contributed by atoms with van der Waals surface area (Å²) in [4.78, 5) is 2.52. The van der Waals surface area contributed by atoms with E-state index in [-0.39, 0.29) is 12.2 Å². The summed E-state index contributed by atoms with van der Waals surface area (Å²) in [6.45, 7) is 11.0. The average Bonchev–Trinajstić information content (AvgIpc) is 3.62. The second kappa shape index (κ2) is 9.39. The number of hydrogen-bond acceptors (Lipinski definition) is 5. The Morgan fingerprint density at radius 1 is 1.00 bits per heavy atom. The van der Waals surface area contributed by atoms with Gasteiger partial charge in [0.05, 0.1) is 50.7 Å². The molecule has 1 aromatic heterocycles. The van der Waals surface area contributed by atoms with E-state index in [2.05, 4.69) is 24.8 Å². The van der Waals surface area contributed by atoms with E-state index in [0.717, 1.165) is 37.3 Å². The highest BCUT2D eigenvalue weighted by Gasteiger charge is 2.66. The summed E-state index contributed by atoms with van der Waals surface area (Å²) < 4.78 is 25.4. The molecule has 3 heterocycles. The first-order chi connectivity index (χ1) is 17.6. The van der Waals surface area contributed by atoms with Gasteiger partial charge in [0.25, 0.3) is 0 Å². The zero-order valence-corrected chi connectivity index (χ0v) is 22.5. The number of fused-ring (bicyclic) bond motifs is 1. The van der Waals surface area contributed by atoms with Crippen LogP contribution in [-0.2, 0) is 14.2 Å². The summed E-state index contributed by atoms with van der Waals surface area (Å²) >= 11 is 0. The van der Waals surface area contributed by atoms with Crippen molar-refractivity contribution in [3.8, 4) is 0 Å². The first-order valence-electron chi connectivity index (χ1n) is 15.2. The lowest BCUT2D eigenvalue weighted by Gasteiger charge is -2.64. The molecule has 4 saturated carbocycles. The highest BCUT2D eigenvalue weighted by atomic mass is 16.6. The van der Waals surface area contributed by atoms with Crippen LogP contribution in [0.1, 0.15) is 83.1 Å². The van der Waals surface area contributed by atoms with Crippen molar-refractivity contribution < 1.29 is 18.6 Å². The third-order valence-corrected chi connectivity index (χ3v) is 12.2. The van der Waals surface area contributed by atoms with Gasteiger partial charge in [0.15, 0.2) is 0 Å². The van der Waals surface area contributed by atoms with Crippen LogP contribution in [-0.4, -0.2) is 62.7 Å². The van der Waals surface area contributed by atoms with E-state index in [1.54, 1.807) is 0 Å². The van der Waals surface area contributed by atoms with Gasteiger partial charge in [-0.3, -0.25) is 0 Å². The van der Waals surface area contributed by atoms with Crippen LogP contribution in [0, 0.1) is 34.5 Å². The maximum Gasteiger partial charge on any atom is 0.0937 e. The lowest BCUT2D eigenvalue weighted by molar-refractivity contribution is -0.236. The van der Waals surface area contributed by atoms with Gasteiger partial charge >= 0.3 is 0 Å². The zero-order chi connectivity index (χ0) is 24.3. The van der Waals surface area contributed by atoms with Crippen molar-refractivity contribution in [2.24, 2.45) is 34.5 Å². The smallest absolute Gasteiger partial charge is 0.0937 e. The molecular formula is C31H47NO4. The molecule has 0 N–H and O–H groups in total. The first-order valence-corrected chi connectivity index (χ1v) is 15.2. The van der Waals surface area contributed by atoms with Crippen molar-refractivity contribution in [2.75, 3.05) is 39.5 Å². The number of nitrogens with zero attached hydrogens (tertiary/aromatic N) is 1. The van der Waals surface area contributed by atoms with E-state index in [1.165, 1.54) is 70.0 Å². The predicted molar refractivity (Wildman–Crippen MR) is 139 cm³/mol. The maximum absolute atomic E-state index is 7.21. The van der Waals surface area contributed by atoms with Crippen LogP contribution in [0.25, 0.3) is 0 Å². The molecule has 200 valence electrons. The highest BCUT2D eigenvalue weighted by molar-refractivity contribution is 5.25. The van der Waals surface area contributed by atoms with Crippen LogP contribution in [0.5, 0.6) is 0 Å². The molecule has 4 aliphatic carbocycles. The summed E-state index contributed by atoms with van der Waals surface area (Å²) in [5.41, 5.74) is 2.14. The molecule has 0 amide bonds. The number of furan rings is 1. The van der Waals surface area contributed by atoms with Gasteiger partial charge in [-0.1, -0.05) is 13.8 Å². The molecule has 6 aliphatic rings. The van der Waals surface area contributed by atoms with Gasteiger partial charge < -0.3 is 23.5 Å². The maximum atomic E-state index is 7.21. The summed E-state index contributed by atoms with van der Waals surface area (Å²) in [5, 5.41) is 0. The average molecular weight is 498 g/mol. The molecule has 0 radical (unpaired) electrons. The van der Waals surface area contributed by atoms with E-state index in [9.17, 15) is 0 Å². The van der Waals surface area contributed by atoms with Gasteiger partial charge in [-0.05, 0) is 123 Å². The number of rotatable bonds is 8. The quantitative estimate of drug-likeness (QED) is 0.419. The van der Waals surface area contributed by atoms with Crippen LogP contribution >= 0.6 is 0 Å². The Morgan fingerprint density at radius 2 is 1.89 bits per heavy atom. The fraction of sp³-hybridized carbons (Fsp3) is 0.871. The lowest BCUT2D eigenvalue weighted by Crippen LogP contribution is -2.61. The summed E-state index contributed by atoms with van der Waals surface area (Å²) in [7, 11) is 0. The largest absolute Gasteiger partial charge is 0.472 e. The minimum atomic E-state index is 0.222. The second-order valence-corrected chi connectivity index (χ2v) is 13.7. The number of hydrogen-bond donors (Lipinski definition) is 0. The first kappa shape index (κ1) is 24.2. The van der Waals surface area contributed by atoms with Crippen molar-refractivity contribution >= 4 is 0 Å². The van der Waals surface area contributed by atoms with Crippen molar-refractivity contribution in [3.63, 3.8) is 0 Å². The third kappa shape index (κ3) is 3.86. The minimum absolute atomic E-state index is 0.222. The topological polar surface area (TPSA) is 44.1 Å². The molecule has 2 aliphatic heterocycles. The molecule has 0 spiro atoms. The molecule has 0 aromatic carbocycles. The Bertz CT molecular complexity index is 898. The normalized spacial score (nSPS) is 47.7. The van der Waals surface area contributed by atoms with Crippen LogP contribution in [0.2, 0.25) is 0 Å². The Hall–Kier alpha value is -0.880. The summed E-state index contributed by atoms with van der Waals surface area (Å²) in [6, 6.07) is 2.22. The Morgan fingerprint density at radius 3 is 2.72 bits per heavy atom.